The number of anilines is 1. The largest absolute Gasteiger partial charge is 0.465 e. The van der Waals surface area contributed by atoms with Gasteiger partial charge in [0.15, 0.2) is 0 Å². The van der Waals surface area contributed by atoms with Gasteiger partial charge in [0, 0.05) is 11.2 Å². The molecule has 4 bridgehead atoms. The van der Waals surface area contributed by atoms with Crippen LogP contribution in [0.3, 0.4) is 0 Å². The molecule has 5 nitrogen and oxygen atoms in total. The van der Waals surface area contributed by atoms with Crippen molar-refractivity contribution >= 4 is 17.6 Å². The van der Waals surface area contributed by atoms with Crippen LogP contribution in [0.15, 0.2) is 24.3 Å². The Morgan fingerprint density at radius 3 is 2.08 bits per heavy atom. The first-order valence-electron chi connectivity index (χ1n) is 9.73. The summed E-state index contributed by atoms with van der Waals surface area (Å²) in [5.74, 6) is 2.16. The molecule has 4 fully saturated rings. The van der Waals surface area contributed by atoms with Gasteiger partial charge < -0.3 is 15.4 Å². The summed E-state index contributed by atoms with van der Waals surface area (Å²) in [7, 11) is 1.37. The zero-order chi connectivity index (χ0) is 18.3. The Labute approximate surface area is 154 Å². The average molecular weight is 356 g/mol. The lowest BCUT2D eigenvalue weighted by molar-refractivity contribution is -0.127. The number of nitrogens with one attached hydrogen (secondary N) is 2. The monoisotopic (exact) mass is 356 g/mol. The normalized spacial score (nSPS) is 32.8. The standard InChI is InChI=1S/C21H28N2O3/c1-13(22-18-5-3-17(4-6-18)20(25)26-2)19(24)23-21-10-14-7-15(11-21)9-16(8-14)12-21/h3-6,13-16,22H,7-12H2,1-2H3,(H,23,24)/t13-,14?,15?,16?,21?/m1/s1. The third-order valence-electron chi connectivity index (χ3n) is 6.51. The van der Waals surface area contributed by atoms with E-state index in [1.165, 1.54) is 26.4 Å². The number of methoxy groups -OCH3 is 1. The van der Waals surface area contributed by atoms with Crippen LogP contribution in [0.4, 0.5) is 5.69 Å². The SMILES string of the molecule is COC(=O)c1ccc(N[C@H](C)C(=O)NC23CC4CC(CC(C4)C2)C3)cc1. The number of ether oxygens (including phenoxy) is 1. The van der Waals surface area contributed by atoms with Crippen molar-refractivity contribution in [3.63, 3.8) is 0 Å². The lowest BCUT2D eigenvalue weighted by Crippen LogP contribution is -2.61. The van der Waals surface area contributed by atoms with Crippen LogP contribution in [0.5, 0.6) is 0 Å². The molecule has 0 spiro atoms. The first-order chi connectivity index (χ1) is 12.5. The molecule has 0 aliphatic heterocycles. The van der Waals surface area contributed by atoms with Crippen molar-refractivity contribution in [1.29, 1.82) is 0 Å². The Morgan fingerprint density at radius 2 is 1.58 bits per heavy atom. The molecule has 26 heavy (non-hydrogen) atoms. The number of esters is 1. The quantitative estimate of drug-likeness (QED) is 0.794. The van der Waals surface area contributed by atoms with Gasteiger partial charge in [-0.25, -0.2) is 4.79 Å². The van der Waals surface area contributed by atoms with Crippen LogP contribution in [0, 0.1) is 17.8 Å². The molecule has 0 saturated heterocycles. The zero-order valence-corrected chi connectivity index (χ0v) is 15.6. The van der Waals surface area contributed by atoms with E-state index < -0.39 is 0 Å². The van der Waals surface area contributed by atoms with Crippen molar-refractivity contribution < 1.29 is 14.3 Å². The highest BCUT2D eigenvalue weighted by Gasteiger charge is 2.51. The number of benzene rings is 1. The first-order valence-corrected chi connectivity index (χ1v) is 9.73. The van der Waals surface area contributed by atoms with E-state index in [1.54, 1.807) is 24.3 Å². The fourth-order valence-corrected chi connectivity index (χ4v) is 5.77. The number of carbonyl (C=O) groups excluding carboxylic acids is 2. The van der Waals surface area contributed by atoms with Crippen molar-refractivity contribution in [2.24, 2.45) is 17.8 Å². The Kier molecular flexibility index (Phi) is 4.41. The van der Waals surface area contributed by atoms with Gasteiger partial charge in [-0.3, -0.25) is 4.79 Å². The van der Waals surface area contributed by atoms with Crippen LogP contribution in [-0.4, -0.2) is 30.6 Å². The summed E-state index contributed by atoms with van der Waals surface area (Å²) in [6, 6.07) is 6.71. The minimum Gasteiger partial charge on any atom is -0.465 e. The van der Waals surface area contributed by atoms with E-state index in [0.29, 0.717) is 5.56 Å². The van der Waals surface area contributed by atoms with Crippen LogP contribution in [0.25, 0.3) is 0 Å². The van der Waals surface area contributed by atoms with Gasteiger partial charge in [-0.15, -0.1) is 0 Å². The van der Waals surface area contributed by atoms with E-state index in [4.69, 9.17) is 4.74 Å². The number of hydrogen-bond acceptors (Lipinski definition) is 4. The molecule has 5 heteroatoms. The number of hydrogen-bond donors (Lipinski definition) is 2. The van der Waals surface area contributed by atoms with E-state index in [1.807, 2.05) is 6.92 Å². The third kappa shape index (κ3) is 3.31. The van der Waals surface area contributed by atoms with Crippen molar-refractivity contribution in [1.82, 2.24) is 5.32 Å². The summed E-state index contributed by atoms with van der Waals surface area (Å²) in [5, 5.41) is 6.65. The smallest absolute Gasteiger partial charge is 0.337 e. The summed E-state index contributed by atoms with van der Waals surface area (Å²) in [4.78, 5) is 24.3. The van der Waals surface area contributed by atoms with Crippen LogP contribution < -0.4 is 10.6 Å². The molecule has 1 amide bonds. The molecule has 0 heterocycles. The second-order valence-electron chi connectivity index (χ2n) is 8.62. The van der Waals surface area contributed by atoms with Crippen molar-refractivity contribution in [3.8, 4) is 0 Å². The summed E-state index contributed by atoms with van der Waals surface area (Å²) >= 11 is 0. The van der Waals surface area contributed by atoms with Gasteiger partial charge in [0.1, 0.15) is 6.04 Å². The summed E-state index contributed by atoms with van der Waals surface area (Å²) in [6.45, 7) is 1.89. The predicted octanol–water partition coefficient (Wildman–Crippen LogP) is 3.36. The molecule has 2 N–H and O–H groups in total. The fraction of sp³-hybridized carbons (Fsp3) is 0.619. The van der Waals surface area contributed by atoms with Gasteiger partial charge in [0.05, 0.1) is 12.7 Å². The second-order valence-corrected chi connectivity index (χ2v) is 8.62. The Hall–Kier alpha value is -2.04. The molecule has 4 saturated carbocycles. The van der Waals surface area contributed by atoms with Crippen LogP contribution in [0.1, 0.15) is 55.8 Å². The molecule has 5 rings (SSSR count). The third-order valence-corrected chi connectivity index (χ3v) is 6.51. The molecule has 1 aromatic carbocycles. The number of carbonyl (C=O) groups is 2. The van der Waals surface area contributed by atoms with Crippen LogP contribution >= 0.6 is 0 Å². The van der Waals surface area contributed by atoms with Gasteiger partial charge >= 0.3 is 5.97 Å². The molecule has 1 atom stereocenters. The summed E-state index contributed by atoms with van der Waals surface area (Å²) in [5.41, 5.74) is 1.37. The van der Waals surface area contributed by atoms with E-state index in [0.717, 1.165) is 42.7 Å². The lowest BCUT2D eigenvalue weighted by Gasteiger charge is -2.57. The average Bonchev–Trinajstić information content (AvgIpc) is 2.60. The van der Waals surface area contributed by atoms with E-state index in [9.17, 15) is 9.59 Å². The van der Waals surface area contributed by atoms with E-state index >= 15 is 0 Å². The minimum atomic E-state index is -0.357. The Morgan fingerprint density at radius 1 is 1.04 bits per heavy atom. The summed E-state index contributed by atoms with van der Waals surface area (Å²) in [6.07, 6.45) is 7.59. The van der Waals surface area contributed by atoms with Gasteiger partial charge in [0.25, 0.3) is 0 Å². The van der Waals surface area contributed by atoms with Crippen molar-refractivity contribution in [2.45, 2.75) is 57.0 Å². The number of rotatable bonds is 5. The van der Waals surface area contributed by atoms with Gasteiger partial charge in [0.2, 0.25) is 5.91 Å². The van der Waals surface area contributed by atoms with Gasteiger partial charge in [-0.05, 0) is 87.5 Å². The highest BCUT2D eigenvalue weighted by Crippen LogP contribution is 2.55. The molecule has 0 radical (unpaired) electrons. The molecule has 0 aromatic heterocycles. The summed E-state index contributed by atoms with van der Waals surface area (Å²) < 4.78 is 4.71. The Bertz CT molecular complexity index is 662. The van der Waals surface area contributed by atoms with Gasteiger partial charge in [-0.2, -0.15) is 0 Å². The van der Waals surface area contributed by atoms with Crippen molar-refractivity contribution in [2.75, 3.05) is 12.4 Å². The minimum absolute atomic E-state index is 0.0382. The van der Waals surface area contributed by atoms with Gasteiger partial charge in [-0.1, -0.05) is 0 Å². The van der Waals surface area contributed by atoms with Crippen LogP contribution in [-0.2, 0) is 9.53 Å². The topological polar surface area (TPSA) is 67.4 Å². The van der Waals surface area contributed by atoms with E-state index in [2.05, 4.69) is 10.6 Å². The van der Waals surface area contributed by atoms with E-state index in [-0.39, 0.29) is 23.5 Å². The first kappa shape index (κ1) is 17.4. The molecular weight excluding hydrogens is 328 g/mol. The maximum atomic E-state index is 12.8. The number of amides is 1. The second kappa shape index (κ2) is 6.60. The van der Waals surface area contributed by atoms with Crippen molar-refractivity contribution in [3.05, 3.63) is 29.8 Å². The maximum absolute atomic E-state index is 12.8. The fourth-order valence-electron chi connectivity index (χ4n) is 5.77. The van der Waals surface area contributed by atoms with Crippen LogP contribution in [0.2, 0.25) is 0 Å². The maximum Gasteiger partial charge on any atom is 0.337 e. The molecular formula is C21H28N2O3. The zero-order valence-electron chi connectivity index (χ0n) is 15.6. The molecule has 0 unspecified atom stereocenters. The molecule has 140 valence electrons. The Balaban J connectivity index is 1.37. The highest BCUT2D eigenvalue weighted by molar-refractivity contribution is 5.90. The molecule has 1 aromatic rings. The predicted molar refractivity (Wildman–Crippen MR) is 99.9 cm³/mol. The molecule has 4 aliphatic carbocycles. The molecule has 4 aliphatic rings. The lowest BCUT2D eigenvalue weighted by atomic mass is 9.53. The highest BCUT2D eigenvalue weighted by atomic mass is 16.5.